The van der Waals surface area contributed by atoms with Gasteiger partial charge in [0.25, 0.3) is 0 Å². The maximum atomic E-state index is 8.79. The predicted molar refractivity (Wildman–Crippen MR) is 327 cm³/mol. The molecule has 3 heterocycles. The first-order valence-electron chi connectivity index (χ1n) is 28.4. The minimum atomic E-state index is -2.42. The van der Waals surface area contributed by atoms with Gasteiger partial charge < -0.3 is 19.1 Å². The van der Waals surface area contributed by atoms with E-state index in [-0.39, 0.29) is 42.9 Å². The minimum Gasteiger partial charge on any atom is -0.509 e. The fourth-order valence-electron chi connectivity index (χ4n) is 10.8. The molecule has 0 spiro atoms. The van der Waals surface area contributed by atoms with Gasteiger partial charge in [0.15, 0.2) is 0 Å². The summed E-state index contributed by atoms with van der Waals surface area (Å²) >= 11 is 0. The molecule has 0 unspecified atom stereocenters. The first kappa shape index (κ1) is 49.3. The van der Waals surface area contributed by atoms with E-state index in [0.717, 1.165) is 78.0 Å². The number of fused-ring (bicyclic) bond motifs is 4. The molecule has 0 N–H and O–H groups in total. The zero-order valence-corrected chi connectivity index (χ0v) is 48.5. The molecule has 1 aliphatic heterocycles. The first-order valence-corrected chi connectivity index (χ1v) is 26.9. The van der Waals surface area contributed by atoms with Crippen molar-refractivity contribution in [2.45, 2.75) is 85.4 Å². The molecule has 9 aromatic carbocycles. The van der Waals surface area contributed by atoms with Crippen LogP contribution in [0.4, 0.5) is 22.7 Å². The Morgan fingerprint density at radius 1 is 0.468 bits per heavy atom. The summed E-state index contributed by atoms with van der Waals surface area (Å²) in [5, 5.41) is 1.96. The van der Waals surface area contributed by atoms with Gasteiger partial charge in [-0.2, -0.15) is 12.1 Å². The number of rotatable bonds is 9. The summed E-state index contributed by atoms with van der Waals surface area (Å²) in [5.41, 5.74) is 17.3. The van der Waals surface area contributed by atoms with E-state index in [9.17, 15) is 0 Å². The molecule has 0 saturated carbocycles. The molecule has 0 aliphatic carbocycles. The van der Waals surface area contributed by atoms with Crippen LogP contribution in [0.25, 0.3) is 72.1 Å². The number of benzene rings is 9. The maximum absolute atomic E-state index is 8.79. The van der Waals surface area contributed by atoms with E-state index in [2.05, 4.69) is 255 Å². The molecular weight excluding hydrogens is 1140 g/mol. The average Bonchev–Trinajstić information content (AvgIpc) is 3.06. The molecule has 11 aromatic rings. The zero-order valence-electron chi connectivity index (χ0n) is 49.2. The van der Waals surface area contributed by atoms with E-state index in [1.807, 2.05) is 34.9 Å². The summed E-state index contributed by atoms with van der Waals surface area (Å²) < 4.78 is 35.2. The van der Waals surface area contributed by atoms with Crippen LogP contribution in [-0.4, -0.2) is 9.55 Å². The van der Waals surface area contributed by atoms with Gasteiger partial charge in [0.05, 0.1) is 0 Å². The summed E-state index contributed by atoms with van der Waals surface area (Å²) in [6, 6.07) is 77.1. The van der Waals surface area contributed by atoms with Crippen LogP contribution in [0.5, 0.6) is 11.5 Å². The minimum absolute atomic E-state index is 0. The topological polar surface area (TPSA) is 33.5 Å². The number of aromatic nitrogens is 2. The van der Waals surface area contributed by atoms with Crippen molar-refractivity contribution in [2.75, 3.05) is 9.80 Å². The molecule has 79 heavy (non-hydrogen) atoms. The van der Waals surface area contributed by atoms with Crippen molar-refractivity contribution in [1.29, 1.82) is 0 Å². The maximum Gasteiger partial charge on any atom is 0.135 e. The number of ether oxygens (including phenoxy) is 1. The second-order valence-corrected chi connectivity index (χ2v) is 23.6. The smallest absolute Gasteiger partial charge is 0.135 e. The Kier molecular flexibility index (Phi) is 12.9. The molecule has 0 fully saturated rings. The second-order valence-electron chi connectivity index (χ2n) is 23.6. The molecule has 0 amide bonds. The largest absolute Gasteiger partial charge is 0.509 e. The number of hydrogen-bond donors (Lipinski definition) is 0. The van der Waals surface area contributed by atoms with Crippen molar-refractivity contribution in [1.82, 2.24) is 9.55 Å². The molecule has 396 valence electrons. The Morgan fingerprint density at radius 3 is 1.71 bits per heavy atom. The van der Waals surface area contributed by atoms with E-state index in [4.69, 9.17) is 13.8 Å². The molecule has 0 radical (unpaired) electrons. The predicted octanol–water partition coefficient (Wildman–Crippen LogP) is 19.8. The van der Waals surface area contributed by atoms with Crippen LogP contribution in [0.15, 0.2) is 206 Å². The summed E-state index contributed by atoms with van der Waals surface area (Å²) in [4.78, 5) is 9.54. The fraction of sp³-hybridized carbons (Fsp3) is 0.178. The van der Waals surface area contributed by atoms with E-state index in [1.165, 1.54) is 16.7 Å². The van der Waals surface area contributed by atoms with Crippen molar-refractivity contribution in [3.63, 3.8) is 0 Å². The van der Waals surface area contributed by atoms with E-state index in [0.29, 0.717) is 28.4 Å². The average molecular weight is 1210 g/mol. The van der Waals surface area contributed by atoms with E-state index in [1.54, 1.807) is 12.3 Å². The molecule has 5 nitrogen and oxygen atoms in total. The Balaban J connectivity index is 0.00000705. The standard InChI is InChI=1S/C73H65N4O.Pt/c1-48-41-69(74-46-64(48)51-31-35-55(36-32-51)72(5,6)7)77-65-40-37-56(73(8,9)10)43-63(65)62-39-38-59(45-68(62)77)78-58-24-17-23-57(44-58)75-47-76(67-28-15-14-27-66(67)75)70-60(50-29-33-54(34-30-50)71(2,3)4)25-18-26-61(70)53-22-16-21-52(42-53)49-19-12-11-13-20-49;/h11-43,46-47H,1-10H3;/q-3;/i1D3;. The van der Waals surface area contributed by atoms with E-state index >= 15 is 0 Å². The van der Waals surface area contributed by atoms with Gasteiger partial charge in [0.1, 0.15) is 5.82 Å². The Bertz CT molecular complexity index is 4160. The van der Waals surface area contributed by atoms with Crippen molar-refractivity contribution in [2.24, 2.45) is 0 Å². The number of nitrogens with zero attached hydrogens (tertiary/aromatic N) is 4. The van der Waals surface area contributed by atoms with Crippen LogP contribution < -0.4 is 14.5 Å². The number of aryl methyl sites for hydroxylation is 1. The molecular formula is C73H65N4OPt-3. The van der Waals surface area contributed by atoms with Crippen LogP contribution in [0, 0.1) is 25.7 Å². The zero-order chi connectivity index (χ0) is 56.6. The van der Waals surface area contributed by atoms with Crippen LogP contribution >= 0.6 is 0 Å². The van der Waals surface area contributed by atoms with Crippen molar-refractivity contribution in [3.05, 3.63) is 247 Å². The molecule has 0 atom stereocenters. The number of pyridine rings is 1. The third-order valence-corrected chi connectivity index (χ3v) is 15.2. The Morgan fingerprint density at radius 2 is 1.04 bits per heavy atom. The fourth-order valence-corrected chi connectivity index (χ4v) is 10.8. The van der Waals surface area contributed by atoms with Crippen LogP contribution in [0.3, 0.4) is 0 Å². The molecule has 0 saturated heterocycles. The van der Waals surface area contributed by atoms with Gasteiger partial charge in [-0.15, -0.1) is 48.1 Å². The summed E-state index contributed by atoms with van der Waals surface area (Å²) in [6.45, 7) is 19.6. The summed E-state index contributed by atoms with van der Waals surface area (Å²) in [6.07, 6.45) is 1.70. The molecule has 6 heteroatoms. The summed E-state index contributed by atoms with van der Waals surface area (Å²) in [5.74, 6) is 1.46. The third-order valence-electron chi connectivity index (χ3n) is 15.2. The summed E-state index contributed by atoms with van der Waals surface area (Å²) in [7, 11) is 0. The SMILES string of the molecule is [2H]C([2H])([2H])c1cc(-n2c3[c-]c(Oc4[c-]c(N5[CH-]N(c6c(-c7ccc(C(C)(C)C)cc7)cccc6-c6cccc(-c7ccccc7)c6)c6ccccc65)ccc4)ccc3c3cc(C(C)(C)C)ccc32)ncc1-c1ccc(C(C)(C)C)cc1.[Pt]. The van der Waals surface area contributed by atoms with Gasteiger partial charge in [0.2, 0.25) is 0 Å². The Hall–Kier alpha value is -7.98. The molecule has 12 rings (SSSR count). The van der Waals surface area contributed by atoms with Gasteiger partial charge in [-0.05, 0) is 109 Å². The molecule has 1 aliphatic rings. The number of hydrogen-bond acceptors (Lipinski definition) is 4. The molecule has 0 bridgehead atoms. The van der Waals surface area contributed by atoms with Crippen molar-refractivity contribution < 1.29 is 29.9 Å². The van der Waals surface area contributed by atoms with Crippen LogP contribution in [-0.2, 0) is 37.3 Å². The monoisotopic (exact) mass is 1210 g/mol. The van der Waals surface area contributed by atoms with Gasteiger partial charge in [-0.1, -0.05) is 207 Å². The molecule has 2 aromatic heterocycles. The van der Waals surface area contributed by atoms with Gasteiger partial charge in [-0.3, -0.25) is 0 Å². The quantitative estimate of drug-likeness (QED) is 0.135. The van der Waals surface area contributed by atoms with Gasteiger partial charge >= 0.3 is 0 Å². The normalized spacial score (nSPS) is 13.5. The van der Waals surface area contributed by atoms with E-state index < -0.39 is 6.85 Å². The van der Waals surface area contributed by atoms with Gasteiger partial charge in [-0.25, -0.2) is 4.98 Å². The van der Waals surface area contributed by atoms with Gasteiger partial charge in [0, 0.05) is 82.1 Å². The third kappa shape index (κ3) is 10.2. The van der Waals surface area contributed by atoms with Crippen LogP contribution in [0.2, 0.25) is 0 Å². The van der Waals surface area contributed by atoms with Crippen molar-refractivity contribution >= 4 is 44.6 Å². The van der Waals surface area contributed by atoms with Crippen LogP contribution in [0.1, 0.15) is 88.7 Å². The second kappa shape index (κ2) is 20.7. The number of anilines is 4. The Labute approximate surface area is 485 Å². The number of para-hydroxylation sites is 3. The van der Waals surface area contributed by atoms with Crippen molar-refractivity contribution in [3.8, 4) is 61.8 Å². The first-order chi connectivity index (χ1) is 38.7.